The predicted molar refractivity (Wildman–Crippen MR) is 170 cm³/mol. The standard InChI is InChI=1S/C36H38F2N4O3/c1-24-11-12-27(17-25(24)2)34-28(22-41(39-34)21-26-9-7-6-8-10-26)13-14-33(43)42-16-15-40(35(44)45-36(3,4)5)23-32(42)29-18-30(37)20-31(38)19-29/h6-14,17-20,22,32H,15-16,21,23H2,1-5H3/b14-13-. The van der Waals surface area contributed by atoms with Gasteiger partial charge in [-0.2, -0.15) is 5.10 Å². The van der Waals surface area contributed by atoms with E-state index in [1.54, 1.807) is 26.8 Å². The maximum atomic E-state index is 14.3. The monoisotopic (exact) mass is 612 g/mol. The summed E-state index contributed by atoms with van der Waals surface area (Å²) in [5.74, 6) is -1.87. The lowest BCUT2D eigenvalue weighted by Crippen LogP contribution is -2.53. The molecule has 0 aliphatic carbocycles. The van der Waals surface area contributed by atoms with Crippen molar-refractivity contribution in [3.63, 3.8) is 0 Å². The summed E-state index contributed by atoms with van der Waals surface area (Å²) in [6.07, 6.45) is 4.54. The molecular formula is C36H38F2N4O3. The summed E-state index contributed by atoms with van der Waals surface area (Å²) < 4.78 is 36.0. The van der Waals surface area contributed by atoms with Crippen LogP contribution in [0.25, 0.3) is 17.3 Å². The highest BCUT2D eigenvalue weighted by molar-refractivity contribution is 5.93. The molecule has 0 N–H and O–H groups in total. The van der Waals surface area contributed by atoms with Gasteiger partial charge in [-0.15, -0.1) is 0 Å². The Bertz CT molecular complexity index is 1710. The van der Waals surface area contributed by atoms with Gasteiger partial charge in [0.15, 0.2) is 0 Å². The zero-order valence-electron chi connectivity index (χ0n) is 26.3. The molecule has 2 amide bonds. The van der Waals surface area contributed by atoms with Crippen molar-refractivity contribution < 1.29 is 23.1 Å². The van der Waals surface area contributed by atoms with E-state index in [2.05, 4.69) is 13.0 Å². The lowest BCUT2D eigenvalue weighted by atomic mass is 10.0. The Morgan fingerprint density at radius 2 is 1.67 bits per heavy atom. The van der Waals surface area contributed by atoms with Crippen LogP contribution in [0.4, 0.5) is 13.6 Å². The highest BCUT2D eigenvalue weighted by Gasteiger charge is 2.35. The molecule has 45 heavy (non-hydrogen) atoms. The van der Waals surface area contributed by atoms with E-state index in [1.165, 1.54) is 33.6 Å². The Kier molecular flexibility index (Phi) is 9.18. The quantitative estimate of drug-likeness (QED) is 0.214. The van der Waals surface area contributed by atoms with Crippen molar-refractivity contribution in [2.24, 2.45) is 0 Å². The highest BCUT2D eigenvalue weighted by Crippen LogP contribution is 2.30. The second-order valence-corrected chi connectivity index (χ2v) is 12.4. The van der Waals surface area contributed by atoms with Crippen LogP contribution in [0, 0.1) is 25.5 Å². The molecule has 3 aromatic carbocycles. The molecule has 2 heterocycles. The van der Waals surface area contributed by atoms with Crippen LogP contribution in [0.2, 0.25) is 0 Å². The first-order chi connectivity index (χ1) is 21.4. The van der Waals surface area contributed by atoms with Gasteiger partial charge >= 0.3 is 6.09 Å². The number of halogens is 2. The zero-order chi connectivity index (χ0) is 32.3. The van der Waals surface area contributed by atoms with Crippen molar-refractivity contribution in [1.29, 1.82) is 0 Å². The van der Waals surface area contributed by atoms with Crippen molar-refractivity contribution in [3.05, 3.63) is 118 Å². The van der Waals surface area contributed by atoms with E-state index in [9.17, 15) is 18.4 Å². The fraction of sp³-hybridized carbons (Fsp3) is 0.306. The first-order valence-electron chi connectivity index (χ1n) is 15.0. The summed E-state index contributed by atoms with van der Waals surface area (Å²) in [7, 11) is 0. The van der Waals surface area contributed by atoms with Crippen molar-refractivity contribution >= 4 is 18.1 Å². The van der Waals surface area contributed by atoms with Crippen LogP contribution in [0.1, 0.15) is 54.6 Å². The second kappa shape index (κ2) is 13.1. The number of aryl methyl sites for hydroxylation is 2. The lowest BCUT2D eigenvalue weighted by Gasteiger charge is -2.41. The van der Waals surface area contributed by atoms with Gasteiger partial charge in [0.05, 0.1) is 18.3 Å². The number of piperazine rings is 1. The van der Waals surface area contributed by atoms with Gasteiger partial charge in [0.25, 0.3) is 0 Å². The number of amides is 2. The Morgan fingerprint density at radius 3 is 2.33 bits per heavy atom. The van der Waals surface area contributed by atoms with Crippen LogP contribution in [-0.4, -0.2) is 56.8 Å². The molecule has 0 saturated carbocycles. The smallest absolute Gasteiger partial charge is 0.410 e. The van der Waals surface area contributed by atoms with Crippen LogP contribution in [0.3, 0.4) is 0 Å². The Hall–Kier alpha value is -4.79. The minimum Gasteiger partial charge on any atom is -0.444 e. The second-order valence-electron chi connectivity index (χ2n) is 12.4. The van der Waals surface area contributed by atoms with E-state index in [0.29, 0.717) is 6.54 Å². The van der Waals surface area contributed by atoms with Gasteiger partial charge in [-0.3, -0.25) is 9.48 Å². The number of hydrogen-bond acceptors (Lipinski definition) is 4. The summed E-state index contributed by atoms with van der Waals surface area (Å²) in [4.78, 5) is 29.7. The van der Waals surface area contributed by atoms with Crippen molar-refractivity contribution in [3.8, 4) is 11.3 Å². The minimum absolute atomic E-state index is 0.0281. The molecule has 1 aromatic heterocycles. The van der Waals surface area contributed by atoms with Gasteiger partial charge < -0.3 is 14.5 Å². The molecule has 0 spiro atoms. The molecule has 0 radical (unpaired) electrons. The molecule has 7 nitrogen and oxygen atoms in total. The minimum atomic E-state index is -0.784. The number of rotatable bonds is 6. The number of hydrogen-bond donors (Lipinski definition) is 0. The normalized spacial score (nSPS) is 15.5. The number of carbonyl (C=O) groups is 2. The first-order valence-corrected chi connectivity index (χ1v) is 15.0. The maximum absolute atomic E-state index is 14.3. The summed E-state index contributed by atoms with van der Waals surface area (Å²) >= 11 is 0. The van der Waals surface area contributed by atoms with Gasteiger partial charge in [-0.05, 0) is 81.1 Å². The van der Waals surface area contributed by atoms with E-state index in [1.807, 2.05) is 60.3 Å². The SMILES string of the molecule is Cc1ccc(-c2nn(Cc3ccccc3)cc2/C=C\C(=O)N2CCN(C(=O)OC(C)(C)C)CC2c2cc(F)cc(F)c2)cc1C. The van der Waals surface area contributed by atoms with Gasteiger partial charge in [0.2, 0.25) is 5.91 Å². The third-order valence-electron chi connectivity index (χ3n) is 7.75. The Balaban J connectivity index is 1.46. The molecule has 1 fully saturated rings. The molecule has 0 bridgehead atoms. The summed E-state index contributed by atoms with van der Waals surface area (Å²) in [5, 5.41) is 4.88. The number of ether oxygens (including phenoxy) is 1. The molecule has 1 unspecified atom stereocenters. The van der Waals surface area contributed by atoms with Crippen LogP contribution < -0.4 is 0 Å². The highest BCUT2D eigenvalue weighted by atomic mass is 19.1. The molecule has 1 atom stereocenters. The van der Waals surface area contributed by atoms with Crippen LogP contribution >= 0.6 is 0 Å². The molecule has 1 saturated heterocycles. The van der Waals surface area contributed by atoms with Crippen molar-refractivity contribution in [2.45, 2.75) is 52.8 Å². The molecule has 1 aliphatic rings. The van der Waals surface area contributed by atoms with E-state index in [0.717, 1.165) is 34.0 Å². The fourth-order valence-electron chi connectivity index (χ4n) is 5.37. The van der Waals surface area contributed by atoms with E-state index in [-0.39, 0.29) is 31.1 Å². The van der Waals surface area contributed by atoms with Crippen LogP contribution in [-0.2, 0) is 16.1 Å². The largest absolute Gasteiger partial charge is 0.444 e. The summed E-state index contributed by atoms with van der Waals surface area (Å²) in [6.45, 7) is 10.4. The Morgan fingerprint density at radius 1 is 0.956 bits per heavy atom. The van der Waals surface area contributed by atoms with Crippen LogP contribution in [0.5, 0.6) is 0 Å². The lowest BCUT2D eigenvalue weighted by molar-refractivity contribution is -0.131. The molecule has 234 valence electrons. The van der Waals surface area contributed by atoms with E-state index in [4.69, 9.17) is 9.84 Å². The van der Waals surface area contributed by atoms with E-state index < -0.39 is 29.4 Å². The van der Waals surface area contributed by atoms with Gasteiger partial charge in [0, 0.05) is 49.1 Å². The summed E-state index contributed by atoms with van der Waals surface area (Å²) in [5.41, 5.74) is 5.34. The number of benzene rings is 3. The third-order valence-corrected chi connectivity index (χ3v) is 7.75. The molecule has 9 heteroatoms. The van der Waals surface area contributed by atoms with Crippen LogP contribution in [0.15, 0.2) is 79.0 Å². The number of aromatic nitrogens is 2. The zero-order valence-corrected chi connectivity index (χ0v) is 26.3. The van der Waals surface area contributed by atoms with Crippen molar-refractivity contribution in [1.82, 2.24) is 19.6 Å². The third kappa shape index (κ3) is 7.84. The molecule has 5 rings (SSSR count). The van der Waals surface area contributed by atoms with Gasteiger partial charge in [-0.25, -0.2) is 13.6 Å². The van der Waals surface area contributed by atoms with E-state index >= 15 is 0 Å². The number of carbonyl (C=O) groups excluding carboxylic acids is 2. The number of nitrogens with zero attached hydrogens (tertiary/aromatic N) is 4. The van der Waals surface area contributed by atoms with Crippen molar-refractivity contribution in [2.75, 3.05) is 19.6 Å². The molecular weight excluding hydrogens is 574 g/mol. The summed E-state index contributed by atoms with van der Waals surface area (Å²) in [6, 6.07) is 18.5. The topological polar surface area (TPSA) is 67.7 Å². The van der Waals surface area contributed by atoms with Gasteiger partial charge in [0.1, 0.15) is 17.2 Å². The fourth-order valence-corrected chi connectivity index (χ4v) is 5.37. The Labute approximate surface area is 262 Å². The average molecular weight is 613 g/mol. The molecule has 1 aliphatic heterocycles. The predicted octanol–water partition coefficient (Wildman–Crippen LogP) is 7.33. The average Bonchev–Trinajstić information content (AvgIpc) is 3.38. The van der Waals surface area contributed by atoms with Gasteiger partial charge in [-0.1, -0.05) is 42.5 Å². The first kappa shape index (κ1) is 31.6. The molecule has 4 aromatic rings. The maximum Gasteiger partial charge on any atom is 0.410 e.